The lowest BCUT2D eigenvalue weighted by Crippen LogP contribution is -2.15. The van der Waals surface area contributed by atoms with E-state index in [1.54, 1.807) is 0 Å². The van der Waals surface area contributed by atoms with Gasteiger partial charge in [0.15, 0.2) is 0 Å². The highest BCUT2D eigenvalue weighted by Crippen LogP contribution is 2.27. The number of nitrogens with zero attached hydrogens (tertiary/aromatic N) is 2. The number of hydrogen-bond acceptors (Lipinski definition) is 2. The smallest absolute Gasteiger partial charge is 0.0534 e. The molecule has 1 aliphatic carbocycles. The highest BCUT2D eigenvalue weighted by atomic mass is 15.3. The van der Waals surface area contributed by atoms with Gasteiger partial charge in [-0.3, -0.25) is 4.68 Å². The number of nitrogens with one attached hydrogen (secondary N) is 1. The fourth-order valence-corrected chi connectivity index (χ4v) is 1.49. The standard InChI is InChI=1S/C11H19N3/c1-9(2)14-8-11(7-13-14)6-12-5-10-3-4-10/h7-10,12H,3-6H2,1-2H3. The van der Waals surface area contributed by atoms with Gasteiger partial charge in [-0.1, -0.05) is 0 Å². The Balaban J connectivity index is 1.77. The molecule has 0 atom stereocenters. The van der Waals surface area contributed by atoms with Crippen molar-refractivity contribution in [1.82, 2.24) is 15.1 Å². The molecule has 1 aromatic heterocycles. The molecule has 0 amide bonds. The van der Waals surface area contributed by atoms with Crippen molar-refractivity contribution < 1.29 is 0 Å². The summed E-state index contributed by atoms with van der Waals surface area (Å²) < 4.78 is 2.01. The van der Waals surface area contributed by atoms with E-state index in [0.29, 0.717) is 6.04 Å². The summed E-state index contributed by atoms with van der Waals surface area (Å²) in [5, 5.41) is 7.77. The summed E-state index contributed by atoms with van der Waals surface area (Å²) in [5.41, 5.74) is 1.29. The van der Waals surface area contributed by atoms with Crippen LogP contribution in [0.1, 0.15) is 38.3 Å². The Bertz CT molecular complexity index is 286. The largest absolute Gasteiger partial charge is 0.312 e. The molecule has 1 fully saturated rings. The maximum absolute atomic E-state index is 4.31. The summed E-state index contributed by atoms with van der Waals surface area (Å²) >= 11 is 0. The lowest BCUT2D eigenvalue weighted by Gasteiger charge is -2.03. The van der Waals surface area contributed by atoms with Crippen LogP contribution in [0.2, 0.25) is 0 Å². The van der Waals surface area contributed by atoms with Gasteiger partial charge in [0.2, 0.25) is 0 Å². The van der Waals surface area contributed by atoms with Gasteiger partial charge in [0.25, 0.3) is 0 Å². The van der Waals surface area contributed by atoms with Crippen LogP contribution in [-0.2, 0) is 6.54 Å². The second-order valence-electron chi connectivity index (χ2n) is 4.50. The van der Waals surface area contributed by atoms with E-state index in [9.17, 15) is 0 Å². The third-order valence-electron chi connectivity index (χ3n) is 2.64. The van der Waals surface area contributed by atoms with Crippen LogP contribution in [-0.4, -0.2) is 16.3 Å². The fraction of sp³-hybridized carbons (Fsp3) is 0.727. The highest BCUT2D eigenvalue weighted by molar-refractivity contribution is 5.03. The molecular formula is C11H19N3. The van der Waals surface area contributed by atoms with Crippen LogP contribution in [0.25, 0.3) is 0 Å². The summed E-state index contributed by atoms with van der Waals surface area (Å²) in [6.45, 7) is 6.43. The normalized spacial score (nSPS) is 16.5. The Labute approximate surface area is 85.5 Å². The molecule has 3 nitrogen and oxygen atoms in total. The molecule has 0 unspecified atom stereocenters. The van der Waals surface area contributed by atoms with Crippen LogP contribution >= 0.6 is 0 Å². The maximum Gasteiger partial charge on any atom is 0.0534 e. The second-order valence-corrected chi connectivity index (χ2v) is 4.50. The topological polar surface area (TPSA) is 29.9 Å². The lowest BCUT2D eigenvalue weighted by molar-refractivity contribution is 0.531. The Morgan fingerprint density at radius 3 is 2.93 bits per heavy atom. The summed E-state index contributed by atoms with van der Waals surface area (Å²) in [6, 6.07) is 0.465. The summed E-state index contributed by atoms with van der Waals surface area (Å²) in [7, 11) is 0. The quantitative estimate of drug-likeness (QED) is 0.774. The monoisotopic (exact) mass is 193 g/mol. The van der Waals surface area contributed by atoms with E-state index in [4.69, 9.17) is 0 Å². The molecule has 1 aliphatic rings. The number of rotatable bonds is 5. The molecule has 0 spiro atoms. The van der Waals surface area contributed by atoms with E-state index in [0.717, 1.165) is 12.5 Å². The van der Waals surface area contributed by atoms with Gasteiger partial charge in [0, 0.05) is 24.3 Å². The predicted molar refractivity (Wildman–Crippen MR) is 57.0 cm³/mol. The molecule has 1 N–H and O–H groups in total. The van der Waals surface area contributed by atoms with Gasteiger partial charge in [-0.15, -0.1) is 0 Å². The zero-order chi connectivity index (χ0) is 9.97. The molecule has 0 radical (unpaired) electrons. The molecule has 0 aliphatic heterocycles. The van der Waals surface area contributed by atoms with Crippen LogP contribution in [0.15, 0.2) is 12.4 Å². The van der Waals surface area contributed by atoms with Crippen molar-refractivity contribution in [2.75, 3.05) is 6.54 Å². The van der Waals surface area contributed by atoms with Gasteiger partial charge < -0.3 is 5.32 Å². The molecule has 0 saturated heterocycles. The van der Waals surface area contributed by atoms with Crippen molar-refractivity contribution in [3.63, 3.8) is 0 Å². The minimum Gasteiger partial charge on any atom is -0.312 e. The molecule has 3 heteroatoms. The van der Waals surface area contributed by atoms with Crippen LogP contribution in [0.4, 0.5) is 0 Å². The first kappa shape index (κ1) is 9.71. The van der Waals surface area contributed by atoms with E-state index in [1.807, 2.05) is 10.9 Å². The Morgan fingerprint density at radius 1 is 1.57 bits per heavy atom. The zero-order valence-electron chi connectivity index (χ0n) is 9.03. The fourth-order valence-electron chi connectivity index (χ4n) is 1.49. The third kappa shape index (κ3) is 2.58. The van der Waals surface area contributed by atoms with E-state index < -0.39 is 0 Å². The molecular weight excluding hydrogens is 174 g/mol. The number of hydrogen-bond donors (Lipinski definition) is 1. The van der Waals surface area contributed by atoms with Gasteiger partial charge in [-0.05, 0) is 39.2 Å². The van der Waals surface area contributed by atoms with Crippen molar-refractivity contribution in [3.8, 4) is 0 Å². The second kappa shape index (κ2) is 4.13. The van der Waals surface area contributed by atoms with Crippen LogP contribution in [0, 0.1) is 5.92 Å². The maximum atomic E-state index is 4.31. The highest BCUT2D eigenvalue weighted by Gasteiger charge is 2.20. The first-order valence-corrected chi connectivity index (χ1v) is 5.49. The van der Waals surface area contributed by atoms with E-state index in [1.165, 1.54) is 24.9 Å². The van der Waals surface area contributed by atoms with Gasteiger partial charge in [-0.25, -0.2) is 0 Å². The van der Waals surface area contributed by atoms with Gasteiger partial charge in [-0.2, -0.15) is 5.10 Å². The van der Waals surface area contributed by atoms with Crippen molar-refractivity contribution >= 4 is 0 Å². The molecule has 1 aromatic rings. The minimum absolute atomic E-state index is 0.465. The summed E-state index contributed by atoms with van der Waals surface area (Å²) in [6.07, 6.45) is 6.92. The molecule has 14 heavy (non-hydrogen) atoms. The van der Waals surface area contributed by atoms with E-state index in [-0.39, 0.29) is 0 Å². The van der Waals surface area contributed by atoms with E-state index in [2.05, 4.69) is 30.5 Å². The van der Waals surface area contributed by atoms with Crippen molar-refractivity contribution in [2.24, 2.45) is 5.92 Å². The molecule has 1 heterocycles. The van der Waals surface area contributed by atoms with Gasteiger partial charge >= 0.3 is 0 Å². The Kier molecular flexibility index (Phi) is 2.87. The molecule has 0 aromatic carbocycles. The SMILES string of the molecule is CC(C)n1cc(CNCC2CC2)cn1. The first-order chi connectivity index (χ1) is 6.75. The van der Waals surface area contributed by atoms with Crippen molar-refractivity contribution in [1.29, 1.82) is 0 Å². The predicted octanol–water partition coefficient (Wildman–Crippen LogP) is 1.96. The summed E-state index contributed by atoms with van der Waals surface area (Å²) in [4.78, 5) is 0. The average molecular weight is 193 g/mol. The van der Waals surface area contributed by atoms with Crippen LogP contribution in [0.5, 0.6) is 0 Å². The molecule has 2 rings (SSSR count). The Hall–Kier alpha value is -0.830. The lowest BCUT2D eigenvalue weighted by atomic mass is 10.3. The molecule has 0 bridgehead atoms. The van der Waals surface area contributed by atoms with Crippen LogP contribution < -0.4 is 5.32 Å². The van der Waals surface area contributed by atoms with Crippen molar-refractivity contribution in [3.05, 3.63) is 18.0 Å². The van der Waals surface area contributed by atoms with Crippen molar-refractivity contribution in [2.45, 2.75) is 39.3 Å². The average Bonchev–Trinajstić information content (AvgIpc) is 2.82. The van der Waals surface area contributed by atoms with Gasteiger partial charge in [0.1, 0.15) is 0 Å². The zero-order valence-corrected chi connectivity index (χ0v) is 9.03. The molecule has 78 valence electrons. The van der Waals surface area contributed by atoms with Gasteiger partial charge in [0.05, 0.1) is 6.20 Å². The third-order valence-corrected chi connectivity index (χ3v) is 2.64. The number of aromatic nitrogens is 2. The first-order valence-electron chi connectivity index (χ1n) is 5.49. The van der Waals surface area contributed by atoms with E-state index >= 15 is 0 Å². The van der Waals surface area contributed by atoms with Crippen LogP contribution in [0.3, 0.4) is 0 Å². The molecule has 1 saturated carbocycles. The summed E-state index contributed by atoms with van der Waals surface area (Å²) in [5.74, 6) is 0.954. The Morgan fingerprint density at radius 2 is 2.36 bits per heavy atom. The minimum atomic E-state index is 0.465.